The lowest BCUT2D eigenvalue weighted by Gasteiger charge is -2.12. The summed E-state index contributed by atoms with van der Waals surface area (Å²) in [7, 11) is 0. The number of nitrogens with one attached hydrogen (secondary N) is 1. The fourth-order valence-electron chi connectivity index (χ4n) is 0.873. The van der Waals surface area contributed by atoms with Gasteiger partial charge in [-0.15, -0.1) is 0 Å². The predicted molar refractivity (Wildman–Crippen MR) is 58.4 cm³/mol. The van der Waals surface area contributed by atoms with Crippen LogP contribution in [-0.4, -0.2) is 17.4 Å². The van der Waals surface area contributed by atoms with Gasteiger partial charge in [0.25, 0.3) is 0 Å². The Morgan fingerprint density at radius 2 is 2.00 bits per heavy atom. The predicted octanol–water partition coefficient (Wildman–Crippen LogP) is 1.07. The van der Waals surface area contributed by atoms with Crippen LogP contribution in [0.4, 0.5) is 0 Å². The minimum Gasteiger partial charge on any atom is -0.393 e. The first-order chi connectivity index (χ1) is 5.93. The molecule has 0 saturated carbocycles. The Hall–Kier alpha value is -0.640. The quantitative estimate of drug-likeness (QED) is 0.656. The zero-order chi connectivity index (χ0) is 10.4. The van der Waals surface area contributed by atoms with Gasteiger partial charge in [0.15, 0.2) is 0 Å². The van der Waals surface area contributed by atoms with Crippen molar-refractivity contribution < 1.29 is 4.79 Å². The molecule has 0 fully saturated rings. The summed E-state index contributed by atoms with van der Waals surface area (Å²) in [5, 5.41) is 2.83. The van der Waals surface area contributed by atoms with E-state index in [4.69, 9.17) is 18.0 Å². The standard InChI is InChI=1S/C9H18N2OS/c1-6(2)5-11-9(12)7(3)4-8(10)13/h6-7H,4-5H2,1-3H3,(H2,10,13)(H,11,12). The lowest BCUT2D eigenvalue weighted by Crippen LogP contribution is -2.33. The largest absolute Gasteiger partial charge is 0.393 e. The smallest absolute Gasteiger partial charge is 0.223 e. The van der Waals surface area contributed by atoms with Crippen LogP contribution >= 0.6 is 12.2 Å². The molecule has 0 aromatic carbocycles. The molecule has 0 rings (SSSR count). The highest BCUT2D eigenvalue weighted by Gasteiger charge is 2.13. The molecule has 0 bridgehead atoms. The molecule has 0 aliphatic carbocycles. The van der Waals surface area contributed by atoms with Crippen LogP contribution in [-0.2, 0) is 4.79 Å². The number of carbonyl (C=O) groups excluding carboxylic acids is 1. The van der Waals surface area contributed by atoms with Crippen LogP contribution in [0.1, 0.15) is 27.2 Å². The normalized spacial score (nSPS) is 12.6. The highest BCUT2D eigenvalue weighted by atomic mass is 32.1. The molecule has 0 aliphatic heterocycles. The van der Waals surface area contributed by atoms with E-state index >= 15 is 0 Å². The molecule has 13 heavy (non-hydrogen) atoms. The molecule has 0 aromatic heterocycles. The first-order valence-electron chi connectivity index (χ1n) is 4.49. The third-order valence-electron chi connectivity index (χ3n) is 1.64. The second-order valence-corrected chi connectivity index (χ2v) is 4.23. The second kappa shape index (κ2) is 5.91. The van der Waals surface area contributed by atoms with Crippen molar-refractivity contribution >= 4 is 23.1 Å². The van der Waals surface area contributed by atoms with Crippen molar-refractivity contribution in [3.63, 3.8) is 0 Å². The van der Waals surface area contributed by atoms with E-state index < -0.39 is 0 Å². The number of hydrogen-bond donors (Lipinski definition) is 2. The Morgan fingerprint density at radius 3 is 2.38 bits per heavy atom. The Balaban J connectivity index is 3.76. The zero-order valence-corrected chi connectivity index (χ0v) is 9.28. The molecule has 1 atom stereocenters. The van der Waals surface area contributed by atoms with Gasteiger partial charge in [0.05, 0.1) is 4.99 Å². The maximum Gasteiger partial charge on any atom is 0.223 e. The average molecular weight is 202 g/mol. The summed E-state index contributed by atoms with van der Waals surface area (Å²) < 4.78 is 0. The zero-order valence-electron chi connectivity index (χ0n) is 8.46. The molecule has 0 aliphatic rings. The van der Waals surface area contributed by atoms with Gasteiger partial charge in [0.1, 0.15) is 0 Å². The van der Waals surface area contributed by atoms with E-state index in [1.807, 2.05) is 6.92 Å². The molecule has 1 unspecified atom stereocenters. The molecule has 4 heteroatoms. The van der Waals surface area contributed by atoms with E-state index in [1.54, 1.807) is 0 Å². The van der Waals surface area contributed by atoms with Crippen molar-refractivity contribution in [2.24, 2.45) is 17.6 Å². The van der Waals surface area contributed by atoms with Gasteiger partial charge >= 0.3 is 0 Å². The van der Waals surface area contributed by atoms with Gasteiger partial charge in [-0.3, -0.25) is 4.79 Å². The number of thiocarbonyl (C=S) groups is 1. The highest BCUT2D eigenvalue weighted by molar-refractivity contribution is 7.80. The SMILES string of the molecule is CC(C)CNC(=O)C(C)CC(N)=S. The lowest BCUT2D eigenvalue weighted by atomic mass is 10.1. The maximum atomic E-state index is 11.4. The van der Waals surface area contributed by atoms with Crippen molar-refractivity contribution in [2.45, 2.75) is 27.2 Å². The molecule has 0 radical (unpaired) electrons. The molecule has 0 saturated heterocycles. The monoisotopic (exact) mass is 202 g/mol. The Morgan fingerprint density at radius 1 is 1.46 bits per heavy atom. The number of rotatable bonds is 5. The fourth-order valence-corrected chi connectivity index (χ4v) is 1.12. The van der Waals surface area contributed by atoms with Crippen molar-refractivity contribution in [3.8, 4) is 0 Å². The van der Waals surface area contributed by atoms with E-state index in [9.17, 15) is 4.79 Å². The summed E-state index contributed by atoms with van der Waals surface area (Å²) in [4.78, 5) is 11.8. The van der Waals surface area contributed by atoms with Gasteiger partial charge < -0.3 is 11.1 Å². The number of nitrogens with two attached hydrogens (primary N) is 1. The molecule has 3 nitrogen and oxygen atoms in total. The van der Waals surface area contributed by atoms with Crippen molar-refractivity contribution in [1.29, 1.82) is 0 Å². The first-order valence-corrected chi connectivity index (χ1v) is 4.90. The van der Waals surface area contributed by atoms with Crippen LogP contribution < -0.4 is 11.1 Å². The summed E-state index contributed by atoms with van der Waals surface area (Å²) in [6, 6.07) is 0. The van der Waals surface area contributed by atoms with Gasteiger partial charge in [-0.2, -0.15) is 0 Å². The number of amides is 1. The van der Waals surface area contributed by atoms with Gasteiger partial charge in [-0.25, -0.2) is 0 Å². The minimum atomic E-state index is -0.115. The van der Waals surface area contributed by atoms with Gasteiger partial charge in [-0.05, 0) is 5.92 Å². The number of hydrogen-bond acceptors (Lipinski definition) is 2. The summed E-state index contributed by atoms with van der Waals surface area (Å²) in [5.74, 6) is 0.388. The molecule has 0 heterocycles. The summed E-state index contributed by atoms with van der Waals surface area (Å²) in [6.45, 7) is 6.65. The fraction of sp³-hybridized carbons (Fsp3) is 0.778. The average Bonchev–Trinajstić information content (AvgIpc) is 1.98. The molecule has 3 N–H and O–H groups in total. The third-order valence-corrected chi connectivity index (χ3v) is 1.81. The lowest BCUT2D eigenvalue weighted by molar-refractivity contribution is -0.124. The molecular formula is C9H18N2OS. The van der Waals surface area contributed by atoms with Crippen LogP contribution in [0.2, 0.25) is 0 Å². The summed E-state index contributed by atoms with van der Waals surface area (Å²) >= 11 is 4.72. The van der Waals surface area contributed by atoms with Crippen LogP contribution in [0.5, 0.6) is 0 Å². The van der Waals surface area contributed by atoms with Crippen LogP contribution in [0.25, 0.3) is 0 Å². The maximum absolute atomic E-state index is 11.4. The molecule has 1 amide bonds. The van der Waals surface area contributed by atoms with Crippen LogP contribution in [0.15, 0.2) is 0 Å². The Bertz CT molecular complexity index is 192. The number of carbonyl (C=O) groups is 1. The molecule has 0 spiro atoms. The van der Waals surface area contributed by atoms with Crippen molar-refractivity contribution in [3.05, 3.63) is 0 Å². The van der Waals surface area contributed by atoms with E-state index in [0.717, 1.165) is 0 Å². The van der Waals surface area contributed by atoms with E-state index in [1.165, 1.54) is 0 Å². The summed E-state index contributed by atoms with van der Waals surface area (Å²) in [5.41, 5.74) is 5.34. The van der Waals surface area contributed by atoms with Gasteiger partial charge in [0.2, 0.25) is 5.91 Å². The molecule has 0 aromatic rings. The van der Waals surface area contributed by atoms with Crippen molar-refractivity contribution in [2.75, 3.05) is 6.54 Å². The topological polar surface area (TPSA) is 55.1 Å². The third kappa shape index (κ3) is 6.51. The van der Waals surface area contributed by atoms with E-state index in [-0.39, 0.29) is 11.8 Å². The van der Waals surface area contributed by atoms with E-state index in [2.05, 4.69) is 19.2 Å². The molecule has 76 valence electrons. The van der Waals surface area contributed by atoms with Gasteiger partial charge in [-0.1, -0.05) is 33.0 Å². The molecular weight excluding hydrogens is 184 g/mol. The van der Waals surface area contributed by atoms with Gasteiger partial charge in [0, 0.05) is 18.9 Å². The second-order valence-electron chi connectivity index (χ2n) is 3.71. The highest BCUT2D eigenvalue weighted by Crippen LogP contribution is 2.01. The Labute approximate surface area is 85.1 Å². The van der Waals surface area contributed by atoms with Crippen molar-refractivity contribution in [1.82, 2.24) is 5.32 Å². The minimum absolute atomic E-state index is 0.0292. The summed E-state index contributed by atoms with van der Waals surface area (Å²) in [6.07, 6.45) is 0.485. The van der Waals surface area contributed by atoms with E-state index in [0.29, 0.717) is 23.9 Å². The van der Waals surface area contributed by atoms with Crippen LogP contribution in [0, 0.1) is 11.8 Å². The first kappa shape index (κ1) is 12.4. The Kier molecular flexibility index (Phi) is 5.62. The van der Waals surface area contributed by atoms with Crippen LogP contribution in [0.3, 0.4) is 0 Å².